The number of phenols is 1. The summed E-state index contributed by atoms with van der Waals surface area (Å²) in [6, 6.07) is 5.69. The maximum absolute atomic E-state index is 11.5. The quantitative estimate of drug-likeness (QED) is 0.571. The van der Waals surface area contributed by atoms with Crippen molar-refractivity contribution in [2.75, 3.05) is 6.54 Å². The molecule has 0 bridgehead atoms. The number of aromatic hydroxyl groups is 1. The van der Waals surface area contributed by atoms with Gasteiger partial charge in [0, 0.05) is 11.5 Å². The van der Waals surface area contributed by atoms with E-state index in [2.05, 4.69) is 0 Å². The Kier molecular flexibility index (Phi) is 2.46. The Balaban J connectivity index is 2.87. The largest absolute Gasteiger partial charge is 0.507 e. The van der Waals surface area contributed by atoms with Crippen LogP contribution in [0.3, 0.4) is 0 Å². The highest BCUT2D eigenvalue weighted by Crippen LogP contribution is 2.26. The summed E-state index contributed by atoms with van der Waals surface area (Å²) < 4.78 is 4.90. The van der Waals surface area contributed by atoms with Crippen molar-refractivity contribution in [3.05, 3.63) is 40.2 Å². The zero-order valence-corrected chi connectivity index (χ0v) is 8.27. The fourth-order valence-electron chi connectivity index (χ4n) is 1.49. The maximum atomic E-state index is 11.5. The lowest BCUT2D eigenvalue weighted by molar-refractivity contribution is 0.0999. The van der Waals surface area contributed by atoms with Gasteiger partial charge >= 0.3 is 5.63 Å². The summed E-state index contributed by atoms with van der Waals surface area (Å²) in [5.74, 6) is -0.713. The molecule has 0 unspecified atom stereocenters. The van der Waals surface area contributed by atoms with Crippen LogP contribution in [0.15, 0.2) is 33.5 Å². The highest BCUT2D eigenvalue weighted by Gasteiger charge is 2.16. The van der Waals surface area contributed by atoms with Crippen LogP contribution in [-0.2, 0) is 0 Å². The summed E-state index contributed by atoms with van der Waals surface area (Å²) in [5.41, 5.74) is 4.67. The van der Waals surface area contributed by atoms with Crippen molar-refractivity contribution in [1.29, 1.82) is 0 Å². The first-order valence-corrected chi connectivity index (χ1v) is 4.62. The average Bonchev–Trinajstić information content (AvgIpc) is 2.28. The molecule has 3 N–H and O–H groups in total. The molecule has 0 radical (unpaired) electrons. The van der Waals surface area contributed by atoms with E-state index in [1.165, 1.54) is 18.2 Å². The lowest BCUT2D eigenvalue weighted by atomic mass is 10.1. The predicted molar refractivity (Wildman–Crippen MR) is 57.5 cm³/mol. The number of carbonyl (C=O) groups is 1. The van der Waals surface area contributed by atoms with Crippen LogP contribution in [0.2, 0.25) is 0 Å². The van der Waals surface area contributed by atoms with Crippen LogP contribution < -0.4 is 11.4 Å². The van der Waals surface area contributed by atoms with Crippen LogP contribution in [0, 0.1) is 0 Å². The van der Waals surface area contributed by atoms with Crippen LogP contribution in [0.25, 0.3) is 11.0 Å². The van der Waals surface area contributed by atoms with Crippen molar-refractivity contribution < 1.29 is 14.3 Å². The molecule has 1 aromatic carbocycles. The average molecular weight is 219 g/mol. The molecular weight excluding hydrogens is 210 g/mol. The Morgan fingerprint density at radius 3 is 2.69 bits per heavy atom. The molecule has 0 aliphatic carbocycles. The van der Waals surface area contributed by atoms with Crippen LogP contribution in [-0.4, -0.2) is 17.4 Å². The van der Waals surface area contributed by atoms with Crippen LogP contribution in [0.1, 0.15) is 10.4 Å². The molecule has 0 fully saturated rings. The molecule has 2 aromatic rings. The van der Waals surface area contributed by atoms with E-state index >= 15 is 0 Å². The van der Waals surface area contributed by atoms with E-state index in [-0.39, 0.29) is 23.4 Å². The van der Waals surface area contributed by atoms with Gasteiger partial charge in [-0.3, -0.25) is 4.79 Å². The summed E-state index contributed by atoms with van der Waals surface area (Å²) >= 11 is 0. The lowest BCUT2D eigenvalue weighted by Gasteiger charge is -2.04. The van der Waals surface area contributed by atoms with Crippen LogP contribution >= 0.6 is 0 Å². The van der Waals surface area contributed by atoms with E-state index in [0.717, 1.165) is 0 Å². The molecule has 0 saturated carbocycles. The Hall–Kier alpha value is -2.14. The molecule has 0 saturated heterocycles. The van der Waals surface area contributed by atoms with Crippen molar-refractivity contribution in [3.8, 4) is 5.75 Å². The minimum Gasteiger partial charge on any atom is -0.507 e. The number of fused-ring (bicyclic) bond motifs is 1. The van der Waals surface area contributed by atoms with Crippen molar-refractivity contribution in [1.82, 2.24) is 0 Å². The van der Waals surface area contributed by atoms with Crippen molar-refractivity contribution >= 4 is 16.8 Å². The van der Waals surface area contributed by atoms with Crippen LogP contribution in [0.5, 0.6) is 5.75 Å². The molecule has 2 rings (SSSR count). The van der Waals surface area contributed by atoms with Gasteiger partial charge < -0.3 is 15.3 Å². The van der Waals surface area contributed by atoms with E-state index in [9.17, 15) is 14.7 Å². The number of hydrogen-bond donors (Lipinski definition) is 2. The van der Waals surface area contributed by atoms with Crippen molar-refractivity contribution in [3.63, 3.8) is 0 Å². The van der Waals surface area contributed by atoms with Gasteiger partial charge in [0.1, 0.15) is 11.3 Å². The molecule has 5 nitrogen and oxygen atoms in total. The van der Waals surface area contributed by atoms with Gasteiger partial charge in [0.05, 0.1) is 6.54 Å². The normalized spacial score (nSPS) is 10.6. The molecule has 0 atom stereocenters. The van der Waals surface area contributed by atoms with Gasteiger partial charge in [-0.2, -0.15) is 0 Å². The predicted octanol–water partition coefficient (Wildman–Crippen LogP) is 0.640. The lowest BCUT2D eigenvalue weighted by Crippen LogP contribution is -2.14. The van der Waals surface area contributed by atoms with E-state index in [4.69, 9.17) is 10.2 Å². The van der Waals surface area contributed by atoms with E-state index in [0.29, 0.717) is 5.39 Å². The molecule has 0 spiro atoms. The second kappa shape index (κ2) is 3.79. The maximum Gasteiger partial charge on any atom is 0.336 e. The number of carbonyl (C=O) groups excluding carboxylic acids is 1. The number of hydrogen-bond acceptors (Lipinski definition) is 5. The number of rotatable bonds is 2. The molecule has 82 valence electrons. The number of nitrogens with two attached hydrogens (primary N) is 1. The standard InChI is InChI=1S/C11H9NO4/c12-5-8(14)10-7(13)3-1-6-2-4-9(15)16-11(6)10/h1-4,13H,5,12H2. The van der Waals surface area contributed by atoms with Gasteiger partial charge in [0.15, 0.2) is 11.4 Å². The Morgan fingerprint density at radius 1 is 1.31 bits per heavy atom. The summed E-state index contributed by atoms with van der Waals surface area (Å²) in [5, 5.41) is 10.1. The molecule has 1 aromatic heterocycles. The third-order valence-electron chi connectivity index (χ3n) is 2.23. The minimum absolute atomic E-state index is 0.0438. The van der Waals surface area contributed by atoms with E-state index in [1.807, 2.05) is 0 Å². The number of Topliss-reactive ketones (excluding diaryl/α,β-unsaturated/α-hetero) is 1. The zero-order valence-electron chi connectivity index (χ0n) is 8.27. The number of benzene rings is 1. The topological polar surface area (TPSA) is 93.5 Å². The van der Waals surface area contributed by atoms with Crippen molar-refractivity contribution in [2.24, 2.45) is 5.73 Å². The Bertz CT molecular complexity index is 615. The summed E-state index contributed by atoms with van der Waals surface area (Å²) in [7, 11) is 0. The number of phenolic OH excluding ortho intramolecular Hbond substituents is 1. The molecule has 16 heavy (non-hydrogen) atoms. The van der Waals surface area contributed by atoms with Gasteiger partial charge in [0.25, 0.3) is 0 Å². The second-order valence-corrected chi connectivity index (χ2v) is 3.26. The zero-order chi connectivity index (χ0) is 11.7. The van der Waals surface area contributed by atoms with E-state index < -0.39 is 11.4 Å². The smallest absolute Gasteiger partial charge is 0.336 e. The monoisotopic (exact) mass is 219 g/mol. The first-order chi connectivity index (χ1) is 7.63. The number of ketones is 1. The highest BCUT2D eigenvalue weighted by molar-refractivity contribution is 6.09. The van der Waals surface area contributed by atoms with E-state index in [1.54, 1.807) is 6.07 Å². The first kappa shape index (κ1) is 10.4. The molecule has 0 aliphatic heterocycles. The second-order valence-electron chi connectivity index (χ2n) is 3.26. The van der Waals surface area contributed by atoms with Gasteiger partial charge in [-0.25, -0.2) is 4.79 Å². The summed E-state index contributed by atoms with van der Waals surface area (Å²) in [4.78, 5) is 22.6. The third-order valence-corrected chi connectivity index (χ3v) is 2.23. The SMILES string of the molecule is NCC(=O)c1c(O)ccc2ccc(=O)oc12. The highest BCUT2D eigenvalue weighted by atomic mass is 16.4. The minimum atomic E-state index is -0.579. The third kappa shape index (κ3) is 1.57. The summed E-state index contributed by atoms with van der Waals surface area (Å²) in [6.07, 6.45) is 0. The fraction of sp³-hybridized carbons (Fsp3) is 0.0909. The van der Waals surface area contributed by atoms with Gasteiger partial charge in [0.2, 0.25) is 0 Å². The van der Waals surface area contributed by atoms with Gasteiger partial charge in [-0.1, -0.05) is 0 Å². The molecule has 0 aliphatic rings. The molecule has 0 amide bonds. The van der Waals surface area contributed by atoms with Crippen molar-refractivity contribution in [2.45, 2.75) is 0 Å². The molecular formula is C11H9NO4. The molecule has 5 heteroatoms. The summed E-state index contributed by atoms with van der Waals surface area (Å²) in [6.45, 7) is -0.259. The van der Waals surface area contributed by atoms with Crippen LogP contribution in [0.4, 0.5) is 0 Å². The molecule has 1 heterocycles. The van der Waals surface area contributed by atoms with Gasteiger partial charge in [-0.05, 0) is 18.2 Å². The fourth-order valence-corrected chi connectivity index (χ4v) is 1.49. The first-order valence-electron chi connectivity index (χ1n) is 4.62. The Labute approximate surface area is 90.1 Å². The van der Waals surface area contributed by atoms with Gasteiger partial charge in [-0.15, -0.1) is 0 Å². The Morgan fingerprint density at radius 2 is 2.00 bits per heavy atom.